The SMILES string of the molecule is CN(Cc1nc(-c2ccccn2)no1)C(=O)[C@@]1(c2cccs2)CC1(C)C. The summed E-state index contributed by atoms with van der Waals surface area (Å²) in [4.78, 5) is 24.6. The lowest BCUT2D eigenvalue weighted by Crippen LogP contribution is -2.38. The first-order chi connectivity index (χ1) is 12.4. The summed E-state index contributed by atoms with van der Waals surface area (Å²) in [5.74, 6) is 0.935. The van der Waals surface area contributed by atoms with Crippen LogP contribution in [0.4, 0.5) is 0 Å². The lowest BCUT2D eigenvalue weighted by molar-refractivity contribution is -0.134. The largest absolute Gasteiger partial charge is 0.337 e. The van der Waals surface area contributed by atoms with E-state index >= 15 is 0 Å². The third kappa shape index (κ3) is 2.63. The van der Waals surface area contributed by atoms with Crippen LogP contribution in [0.15, 0.2) is 46.4 Å². The maximum Gasteiger partial charge on any atom is 0.246 e. The van der Waals surface area contributed by atoms with Crippen LogP contribution in [-0.2, 0) is 16.8 Å². The average Bonchev–Trinajstić information content (AvgIpc) is 3.08. The highest BCUT2D eigenvalue weighted by Gasteiger charge is 2.68. The Morgan fingerprint density at radius 3 is 2.73 bits per heavy atom. The van der Waals surface area contributed by atoms with Crippen LogP contribution in [0, 0.1) is 5.41 Å². The molecule has 0 N–H and O–H groups in total. The zero-order valence-corrected chi connectivity index (χ0v) is 15.8. The predicted molar refractivity (Wildman–Crippen MR) is 98.4 cm³/mol. The van der Waals surface area contributed by atoms with Gasteiger partial charge >= 0.3 is 0 Å². The van der Waals surface area contributed by atoms with Gasteiger partial charge in [-0.25, -0.2) is 0 Å². The van der Waals surface area contributed by atoms with Gasteiger partial charge in [0, 0.05) is 18.1 Å². The lowest BCUT2D eigenvalue weighted by atomic mass is 9.92. The lowest BCUT2D eigenvalue weighted by Gasteiger charge is -2.24. The van der Waals surface area contributed by atoms with Crippen molar-refractivity contribution in [2.75, 3.05) is 7.05 Å². The van der Waals surface area contributed by atoms with Crippen LogP contribution in [-0.4, -0.2) is 33.0 Å². The standard InChI is InChI=1S/C19H20N4O2S/c1-18(2)12-19(18,14-8-6-10-26-14)17(24)23(3)11-15-21-16(22-25-15)13-7-4-5-9-20-13/h4-10H,11-12H2,1-3H3/t19-/m0/s1. The van der Waals surface area contributed by atoms with Crippen LogP contribution in [0.5, 0.6) is 0 Å². The highest BCUT2D eigenvalue weighted by molar-refractivity contribution is 7.10. The van der Waals surface area contributed by atoms with Crippen molar-refractivity contribution in [3.63, 3.8) is 0 Å². The Hall–Kier alpha value is -2.54. The van der Waals surface area contributed by atoms with E-state index < -0.39 is 5.41 Å². The number of nitrogens with zero attached hydrogens (tertiary/aromatic N) is 4. The van der Waals surface area contributed by atoms with E-state index in [0.717, 1.165) is 11.3 Å². The molecule has 1 atom stereocenters. The molecule has 134 valence electrons. The second-order valence-corrected chi connectivity index (χ2v) is 8.28. The fourth-order valence-corrected chi connectivity index (χ4v) is 4.65. The molecular formula is C19H20N4O2S. The van der Waals surface area contributed by atoms with Crippen molar-refractivity contribution in [3.05, 3.63) is 52.7 Å². The highest BCUT2D eigenvalue weighted by Crippen LogP contribution is 2.66. The van der Waals surface area contributed by atoms with Gasteiger partial charge < -0.3 is 9.42 Å². The second kappa shape index (κ2) is 6.02. The summed E-state index contributed by atoms with van der Waals surface area (Å²) in [5, 5.41) is 5.99. The van der Waals surface area contributed by atoms with Gasteiger partial charge in [0.15, 0.2) is 0 Å². The molecule has 1 aliphatic carbocycles. The van der Waals surface area contributed by atoms with E-state index in [1.165, 1.54) is 0 Å². The Morgan fingerprint density at radius 2 is 2.12 bits per heavy atom. The number of carbonyl (C=O) groups excluding carboxylic acids is 1. The van der Waals surface area contributed by atoms with Crippen LogP contribution in [0.25, 0.3) is 11.5 Å². The Labute approximate surface area is 155 Å². The minimum Gasteiger partial charge on any atom is -0.337 e. The molecule has 1 fully saturated rings. The number of carbonyl (C=O) groups is 1. The van der Waals surface area contributed by atoms with Crippen molar-refractivity contribution in [2.45, 2.75) is 32.2 Å². The van der Waals surface area contributed by atoms with Crippen LogP contribution in [0.2, 0.25) is 0 Å². The van der Waals surface area contributed by atoms with Gasteiger partial charge in [-0.1, -0.05) is 31.1 Å². The molecule has 1 saturated carbocycles. The number of likely N-dealkylation sites (N-methyl/N-ethyl adjacent to an activating group) is 1. The van der Waals surface area contributed by atoms with Gasteiger partial charge in [0.25, 0.3) is 0 Å². The molecule has 26 heavy (non-hydrogen) atoms. The van der Waals surface area contributed by atoms with Crippen molar-refractivity contribution < 1.29 is 9.32 Å². The van der Waals surface area contributed by atoms with Gasteiger partial charge in [-0.2, -0.15) is 4.98 Å². The van der Waals surface area contributed by atoms with Crippen LogP contribution in [0.1, 0.15) is 31.0 Å². The van der Waals surface area contributed by atoms with Gasteiger partial charge in [-0.15, -0.1) is 11.3 Å². The fourth-order valence-electron chi connectivity index (χ4n) is 3.55. The summed E-state index contributed by atoms with van der Waals surface area (Å²) in [6.07, 6.45) is 2.54. The first-order valence-corrected chi connectivity index (χ1v) is 9.35. The second-order valence-electron chi connectivity index (χ2n) is 7.33. The fraction of sp³-hybridized carbons (Fsp3) is 0.368. The van der Waals surface area contributed by atoms with Gasteiger partial charge in [-0.3, -0.25) is 9.78 Å². The number of amides is 1. The van der Waals surface area contributed by atoms with Crippen LogP contribution < -0.4 is 0 Å². The van der Waals surface area contributed by atoms with Crippen molar-refractivity contribution in [2.24, 2.45) is 5.41 Å². The van der Waals surface area contributed by atoms with E-state index in [9.17, 15) is 4.79 Å². The van der Waals surface area contributed by atoms with Gasteiger partial charge in [0.2, 0.25) is 17.6 Å². The summed E-state index contributed by atoms with van der Waals surface area (Å²) in [6, 6.07) is 9.58. The zero-order chi connectivity index (χ0) is 18.4. The number of pyridine rings is 1. The van der Waals surface area contributed by atoms with Crippen molar-refractivity contribution >= 4 is 17.2 Å². The topological polar surface area (TPSA) is 72.1 Å². The molecule has 3 heterocycles. The molecule has 3 aromatic heterocycles. The van der Waals surface area contributed by atoms with E-state index in [4.69, 9.17) is 4.52 Å². The first-order valence-electron chi connectivity index (χ1n) is 8.48. The minimum atomic E-state index is -0.445. The van der Waals surface area contributed by atoms with E-state index in [2.05, 4.69) is 35.0 Å². The Bertz CT molecular complexity index is 920. The smallest absolute Gasteiger partial charge is 0.246 e. The predicted octanol–water partition coefficient (Wildman–Crippen LogP) is 3.52. The maximum absolute atomic E-state index is 13.3. The quantitative estimate of drug-likeness (QED) is 0.689. The van der Waals surface area contributed by atoms with Crippen molar-refractivity contribution in [1.29, 1.82) is 0 Å². The average molecular weight is 368 g/mol. The van der Waals surface area contributed by atoms with E-state index in [0.29, 0.717) is 17.4 Å². The molecule has 1 amide bonds. The molecule has 0 aliphatic heterocycles. The number of hydrogen-bond acceptors (Lipinski definition) is 6. The molecule has 0 bridgehead atoms. The molecule has 3 aromatic rings. The Balaban J connectivity index is 1.53. The third-order valence-electron chi connectivity index (χ3n) is 5.13. The molecular weight excluding hydrogens is 348 g/mol. The normalized spacial score (nSPS) is 20.7. The number of rotatable bonds is 5. The first kappa shape index (κ1) is 16.9. The summed E-state index contributed by atoms with van der Waals surface area (Å²) >= 11 is 1.64. The molecule has 6 nitrogen and oxygen atoms in total. The molecule has 1 aliphatic rings. The van der Waals surface area contributed by atoms with Gasteiger partial charge in [0.05, 0.1) is 12.0 Å². The van der Waals surface area contributed by atoms with Gasteiger partial charge in [-0.05, 0) is 35.4 Å². The minimum absolute atomic E-state index is 0.0445. The third-order valence-corrected chi connectivity index (χ3v) is 6.16. The molecule has 7 heteroatoms. The molecule has 4 rings (SSSR count). The van der Waals surface area contributed by atoms with Crippen molar-refractivity contribution in [1.82, 2.24) is 20.0 Å². The molecule has 0 radical (unpaired) electrons. The van der Waals surface area contributed by atoms with E-state index in [1.807, 2.05) is 29.6 Å². The van der Waals surface area contributed by atoms with Crippen LogP contribution >= 0.6 is 11.3 Å². The maximum atomic E-state index is 13.3. The zero-order valence-electron chi connectivity index (χ0n) is 15.0. The van der Waals surface area contributed by atoms with E-state index in [-0.39, 0.29) is 17.9 Å². The number of hydrogen-bond donors (Lipinski definition) is 0. The molecule has 0 unspecified atom stereocenters. The summed E-state index contributed by atoms with van der Waals surface area (Å²) in [7, 11) is 1.79. The number of thiophene rings is 1. The molecule has 0 spiro atoms. The summed E-state index contributed by atoms with van der Waals surface area (Å²) in [5.41, 5.74) is 0.159. The van der Waals surface area contributed by atoms with Gasteiger partial charge in [0.1, 0.15) is 5.69 Å². The van der Waals surface area contributed by atoms with Crippen molar-refractivity contribution in [3.8, 4) is 11.5 Å². The van der Waals surface area contributed by atoms with E-state index in [1.54, 1.807) is 29.5 Å². The highest BCUT2D eigenvalue weighted by atomic mass is 32.1. The Morgan fingerprint density at radius 1 is 1.31 bits per heavy atom. The summed E-state index contributed by atoms with van der Waals surface area (Å²) < 4.78 is 5.32. The molecule has 0 saturated heterocycles. The molecule has 0 aromatic carbocycles. The Kier molecular flexibility index (Phi) is 3.91. The summed E-state index contributed by atoms with van der Waals surface area (Å²) in [6.45, 7) is 4.57. The van der Waals surface area contributed by atoms with Crippen LogP contribution in [0.3, 0.4) is 0 Å². The monoisotopic (exact) mass is 368 g/mol. The number of aromatic nitrogens is 3.